The van der Waals surface area contributed by atoms with Crippen LogP contribution in [0.5, 0.6) is 0 Å². The first kappa shape index (κ1) is 27.4. The molecular weight excluding hydrogens is 454 g/mol. The number of likely N-dealkylation sites (tertiary alicyclic amines) is 1. The first-order valence-electron chi connectivity index (χ1n) is 14.4. The topological polar surface area (TPSA) is 48.1 Å². The second-order valence-corrected chi connectivity index (χ2v) is 11.6. The van der Waals surface area contributed by atoms with Gasteiger partial charge < -0.3 is 15.2 Å². The van der Waals surface area contributed by atoms with Crippen molar-refractivity contribution in [2.45, 2.75) is 78.6 Å². The van der Waals surface area contributed by atoms with Crippen molar-refractivity contribution in [2.75, 3.05) is 26.7 Å². The number of likely N-dealkylation sites (N-methyl/N-ethyl adjacent to an activating group) is 1. The van der Waals surface area contributed by atoms with E-state index in [2.05, 4.69) is 75.8 Å². The number of piperidine rings is 1. The number of benzene rings is 1. The van der Waals surface area contributed by atoms with E-state index in [0.717, 1.165) is 31.8 Å². The maximum atomic E-state index is 12.3. The van der Waals surface area contributed by atoms with Crippen molar-refractivity contribution in [2.24, 2.45) is 11.8 Å². The highest BCUT2D eigenvalue weighted by Gasteiger charge is 2.30. The summed E-state index contributed by atoms with van der Waals surface area (Å²) < 4.78 is 0. The van der Waals surface area contributed by atoms with E-state index in [1.165, 1.54) is 58.1 Å². The molecule has 0 radical (unpaired) electrons. The second-order valence-electron chi connectivity index (χ2n) is 11.6. The molecule has 4 nitrogen and oxygen atoms in total. The number of rotatable bonds is 10. The van der Waals surface area contributed by atoms with E-state index in [-0.39, 0.29) is 5.91 Å². The van der Waals surface area contributed by atoms with Crippen LogP contribution in [0.3, 0.4) is 0 Å². The number of amides is 1. The minimum Gasteiger partial charge on any atom is -0.354 e. The zero-order valence-electron chi connectivity index (χ0n) is 23.9. The van der Waals surface area contributed by atoms with E-state index in [9.17, 15) is 4.79 Å². The Kier molecular flexibility index (Phi) is 8.79. The number of nitrogens with one attached hydrogen (secondary N) is 2. The fraction of sp³-hybridized carbons (Fsp3) is 0.545. The number of allylic oxidation sites excluding steroid dienone is 5. The van der Waals surface area contributed by atoms with Gasteiger partial charge in [0.1, 0.15) is 0 Å². The number of aromatic nitrogens is 1. The van der Waals surface area contributed by atoms with Gasteiger partial charge >= 0.3 is 0 Å². The average molecular weight is 502 g/mol. The molecule has 2 aliphatic rings. The minimum absolute atomic E-state index is 0.210. The van der Waals surface area contributed by atoms with Crippen molar-refractivity contribution in [3.8, 4) is 0 Å². The lowest BCUT2D eigenvalue weighted by atomic mass is 9.86. The van der Waals surface area contributed by atoms with Crippen LogP contribution in [0.25, 0.3) is 16.5 Å². The lowest BCUT2D eigenvalue weighted by molar-refractivity contribution is -0.131. The molecule has 4 heteroatoms. The predicted octanol–water partition coefficient (Wildman–Crippen LogP) is 7.56. The van der Waals surface area contributed by atoms with Gasteiger partial charge in [-0.3, -0.25) is 4.79 Å². The molecule has 1 aromatic heterocycles. The van der Waals surface area contributed by atoms with Gasteiger partial charge in [0.05, 0.1) is 12.2 Å². The van der Waals surface area contributed by atoms with E-state index in [4.69, 9.17) is 0 Å². The Morgan fingerprint density at radius 2 is 1.89 bits per heavy atom. The van der Waals surface area contributed by atoms with Crippen LogP contribution in [0, 0.1) is 11.8 Å². The fourth-order valence-corrected chi connectivity index (χ4v) is 6.00. The van der Waals surface area contributed by atoms with E-state index in [1.807, 2.05) is 18.0 Å². The van der Waals surface area contributed by atoms with Gasteiger partial charge in [0.25, 0.3) is 0 Å². The van der Waals surface area contributed by atoms with E-state index < -0.39 is 0 Å². The molecule has 2 fully saturated rings. The average Bonchev–Trinajstić information content (AvgIpc) is 3.67. The summed E-state index contributed by atoms with van der Waals surface area (Å²) in [5.74, 6) is 2.45. The zero-order valence-corrected chi connectivity index (χ0v) is 23.9. The fourth-order valence-electron chi connectivity index (χ4n) is 6.00. The smallest absolute Gasteiger partial charge is 0.236 e. The predicted molar refractivity (Wildman–Crippen MR) is 158 cm³/mol. The van der Waals surface area contributed by atoms with E-state index in [1.54, 1.807) is 5.57 Å². The molecule has 4 rings (SSSR count). The Hall–Kier alpha value is -2.59. The van der Waals surface area contributed by atoms with Gasteiger partial charge in [0, 0.05) is 29.6 Å². The first-order valence-corrected chi connectivity index (χ1v) is 14.4. The third kappa shape index (κ3) is 5.95. The molecule has 2 N–H and O–H groups in total. The number of aromatic amines is 1. The summed E-state index contributed by atoms with van der Waals surface area (Å²) in [5.41, 5.74) is 9.42. The van der Waals surface area contributed by atoms with Crippen LogP contribution in [0.4, 0.5) is 0 Å². The third-order valence-electron chi connectivity index (χ3n) is 8.63. The molecule has 37 heavy (non-hydrogen) atoms. The first-order chi connectivity index (χ1) is 17.8. The molecule has 1 unspecified atom stereocenters. The number of fused-ring (bicyclic) bond motifs is 1. The largest absolute Gasteiger partial charge is 0.354 e. The van der Waals surface area contributed by atoms with E-state index >= 15 is 0 Å². The Balaban J connectivity index is 1.72. The highest BCUT2D eigenvalue weighted by molar-refractivity contribution is 5.93. The number of nitrogens with zero attached hydrogens (tertiary/aromatic N) is 1. The van der Waals surface area contributed by atoms with E-state index in [0.29, 0.717) is 24.3 Å². The molecule has 0 bridgehead atoms. The normalized spacial score (nSPS) is 18.9. The van der Waals surface area contributed by atoms with Crippen LogP contribution in [0.2, 0.25) is 0 Å². The summed E-state index contributed by atoms with van der Waals surface area (Å²) in [5, 5.41) is 4.33. The summed E-state index contributed by atoms with van der Waals surface area (Å²) in [4.78, 5) is 18.2. The molecule has 200 valence electrons. The number of hydrogen-bond donors (Lipinski definition) is 2. The van der Waals surface area contributed by atoms with Crippen LogP contribution >= 0.6 is 0 Å². The van der Waals surface area contributed by atoms with Gasteiger partial charge in [-0.1, -0.05) is 58.1 Å². The quantitative estimate of drug-likeness (QED) is 0.330. The van der Waals surface area contributed by atoms with Crippen molar-refractivity contribution in [1.29, 1.82) is 0 Å². The molecule has 1 saturated carbocycles. The summed E-state index contributed by atoms with van der Waals surface area (Å²) in [6.45, 7) is 17.7. The molecule has 0 spiro atoms. The van der Waals surface area contributed by atoms with Gasteiger partial charge in [-0.2, -0.15) is 0 Å². The second kappa shape index (κ2) is 11.9. The highest BCUT2D eigenvalue weighted by Crippen LogP contribution is 2.44. The molecule has 1 atom stereocenters. The zero-order chi connectivity index (χ0) is 26.7. The summed E-state index contributed by atoms with van der Waals surface area (Å²) in [6, 6.07) is 7.01. The number of carbonyl (C=O) groups excluding carboxylic acids is 1. The van der Waals surface area contributed by atoms with Crippen LogP contribution in [0.1, 0.15) is 95.4 Å². The Morgan fingerprint density at radius 3 is 2.46 bits per heavy atom. The minimum atomic E-state index is 0.210. The van der Waals surface area contributed by atoms with Crippen molar-refractivity contribution >= 4 is 22.4 Å². The van der Waals surface area contributed by atoms with Crippen LogP contribution in [-0.4, -0.2) is 42.5 Å². The third-order valence-corrected chi connectivity index (χ3v) is 8.63. The molecule has 1 aromatic carbocycles. The number of hydrogen-bond acceptors (Lipinski definition) is 2. The molecule has 1 aliphatic carbocycles. The molecule has 2 aromatic rings. The maximum Gasteiger partial charge on any atom is 0.236 e. The monoisotopic (exact) mass is 501 g/mol. The Bertz CT molecular complexity index is 1190. The lowest BCUT2D eigenvalue weighted by Crippen LogP contribution is -2.41. The van der Waals surface area contributed by atoms with Crippen LogP contribution in [0.15, 0.2) is 48.1 Å². The standard InChI is InChI=1S/C33H47N3O/c1-8-22(5)27(25-10-11-25)19-28(23(6)9-2)33-32(21(3)4)29-18-26(12-13-30(29)35-33)24-14-16-36(17-15-24)31(37)20-34-7/h9,12-13,18-19,21-22,24-25,34-35H,2,8,10-11,14-17,20H2,1,3-7H3/b27-19+,28-23+. The summed E-state index contributed by atoms with van der Waals surface area (Å²) in [7, 11) is 1.83. The van der Waals surface area contributed by atoms with Gasteiger partial charge in [-0.05, 0) is 98.6 Å². The van der Waals surface area contributed by atoms with Gasteiger partial charge in [-0.25, -0.2) is 0 Å². The van der Waals surface area contributed by atoms with Crippen molar-refractivity contribution in [3.63, 3.8) is 0 Å². The molecular formula is C33H47N3O. The van der Waals surface area contributed by atoms with Crippen molar-refractivity contribution in [3.05, 3.63) is 64.9 Å². The molecule has 2 heterocycles. The number of carbonyl (C=O) groups is 1. The van der Waals surface area contributed by atoms with Crippen LogP contribution < -0.4 is 5.32 Å². The summed E-state index contributed by atoms with van der Waals surface area (Å²) in [6.07, 6.45) is 10.4. The molecule has 1 amide bonds. The van der Waals surface area contributed by atoms with Crippen LogP contribution in [-0.2, 0) is 4.79 Å². The highest BCUT2D eigenvalue weighted by atomic mass is 16.2. The Morgan fingerprint density at radius 1 is 1.19 bits per heavy atom. The summed E-state index contributed by atoms with van der Waals surface area (Å²) >= 11 is 0. The van der Waals surface area contributed by atoms with Gasteiger partial charge in [-0.15, -0.1) is 0 Å². The van der Waals surface area contributed by atoms with Gasteiger partial charge in [0.2, 0.25) is 5.91 Å². The lowest BCUT2D eigenvalue weighted by Gasteiger charge is -2.32. The SMILES string of the molecule is C=C/C(C)=C(\C=C(/C(C)CC)C1CC1)c1[nH]c2ccc(C3CCN(C(=O)CNC)CC3)cc2c1C(C)C. The number of H-pyrrole nitrogens is 1. The molecule has 1 saturated heterocycles. The van der Waals surface area contributed by atoms with Gasteiger partial charge in [0.15, 0.2) is 0 Å². The molecule has 1 aliphatic heterocycles. The van der Waals surface area contributed by atoms with Crippen molar-refractivity contribution < 1.29 is 4.79 Å². The van der Waals surface area contributed by atoms with Crippen molar-refractivity contribution in [1.82, 2.24) is 15.2 Å². The maximum absolute atomic E-state index is 12.3. The Labute approximate surface area is 224 Å².